The van der Waals surface area contributed by atoms with E-state index >= 15 is 0 Å². The maximum atomic E-state index is 12.9. The Bertz CT molecular complexity index is 1080. The maximum absolute atomic E-state index is 12.9. The third-order valence-corrected chi connectivity index (χ3v) is 9.82. The summed E-state index contributed by atoms with van der Waals surface area (Å²) in [5.41, 5.74) is 0. The summed E-state index contributed by atoms with van der Waals surface area (Å²) >= 11 is 0. The number of rotatable bonds is 34. The molecule has 9 heteroatoms. The van der Waals surface area contributed by atoms with E-state index in [-0.39, 0.29) is 18.9 Å². The summed E-state index contributed by atoms with van der Waals surface area (Å²) < 4.78 is 11.1. The van der Waals surface area contributed by atoms with E-state index in [0.717, 1.165) is 44.9 Å². The third-order valence-electron chi connectivity index (χ3n) is 9.82. The molecule has 0 spiro atoms. The van der Waals surface area contributed by atoms with E-state index < -0.39 is 49.5 Å². The van der Waals surface area contributed by atoms with Gasteiger partial charge in [-0.05, 0) is 44.9 Å². The van der Waals surface area contributed by atoms with Gasteiger partial charge < -0.3 is 40.3 Å². The molecule has 0 radical (unpaired) electrons. The predicted octanol–water partition coefficient (Wildman–Crippen LogP) is 8.61. The number of unbranched alkanes of at least 4 members (excludes halogenated alkanes) is 15. The molecular formula is C46H79NO8. The van der Waals surface area contributed by atoms with Gasteiger partial charge in [0.15, 0.2) is 6.29 Å². The second-order valence-corrected chi connectivity index (χ2v) is 14.8. The molecule has 9 nitrogen and oxygen atoms in total. The number of aliphatic hydroxyl groups is 5. The van der Waals surface area contributed by atoms with Crippen LogP contribution in [0.2, 0.25) is 0 Å². The minimum atomic E-state index is -1.58. The van der Waals surface area contributed by atoms with Gasteiger partial charge in [0, 0.05) is 6.42 Å². The average Bonchev–Trinajstić information content (AvgIpc) is 3.18. The van der Waals surface area contributed by atoms with Crippen LogP contribution < -0.4 is 5.32 Å². The molecule has 1 saturated heterocycles. The van der Waals surface area contributed by atoms with Crippen molar-refractivity contribution in [1.82, 2.24) is 5.32 Å². The Balaban J connectivity index is 2.47. The molecule has 1 aliphatic rings. The Kier molecular flexibility index (Phi) is 33.2. The van der Waals surface area contributed by atoms with Crippen molar-refractivity contribution in [2.24, 2.45) is 0 Å². The molecule has 6 N–H and O–H groups in total. The monoisotopic (exact) mass is 774 g/mol. The molecule has 0 aromatic heterocycles. The summed E-state index contributed by atoms with van der Waals surface area (Å²) in [6.45, 7) is 3.58. The quantitative estimate of drug-likeness (QED) is 0.0281. The highest BCUT2D eigenvalue weighted by atomic mass is 16.7. The Morgan fingerprint density at radius 2 is 1.11 bits per heavy atom. The van der Waals surface area contributed by atoms with Gasteiger partial charge in [-0.2, -0.15) is 0 Å². The number of nitrogens with one attached hydrogen (secondary N) is 1. The highest BCUT2D eigenvalue weighted by Gasteiger charge is 2.44. The van der Waals surface area contributed by atoms with Crippen molar-refractivity contribution < 1.29 is 39.8 Å². The van der Waals surface area contributed by atoms with Gasteiger partial charge in [-0.25, -0.2) is 0 Å². The van der Waals surface area contributed by atoms with Crippen molar-refractivity contribution in [3.8, 4) is 0 Å². The molecule has 55 heavy (non-hydrogen) atoms. The van der Waals surface area contributed by atoms with Crippen LogP contribution >= 0.6 is 0 Å². The molecule has 316 valence electrons. The summed E-state index contributed by atoms with van der Waals surface area (Å²) in [4.78, 5) is 12.9. The predicted molar refractivity (Wildman–Crippen MR) is 225 cm³/mol. The summed E-state index contributed by atoms with van der Waals surface area (Å²) in [6.07, 6.45) is 41.1. The van der Waals surface area contributed by atoms with Crippen molar-refractivity contribution in [2.45, 2.75) is 198 Å². The van der Waals surface area contributed by atoms with Crippen LogP contribution in [0.3, 0.4) is 0 Å². The van der Waals surface area contributed by atoms with E-state index in [1.807, 2.05) is 12.2 Å². The number of hydrogen-bond acceptors (Lipinski definition) is 8. The second kappa shape index (κ2) is 36.0. The van der Waals surface area contributed by atoms with Gasteiger partial charge >= 0.3 is 0 Å². The summed E-state index contributed by atoms with van der Waals surface area (Å²) in [6, 6.07) is -0.861. The lowest BCUT2D eigenvalue weighted by Gasteiger charge is -2.40. The van der Waals surface area contributed by atoms with Gasteiger partial charge in [-0.1, -0.05) is 177 Å². The lowest BCUT2D eigenvalue weighted by atomic mass is 9.99. The average molecular weight is 774 g/mol. The van der Waals surface area contributed by atoms with Gasteiger partial charge in [0.25, 0.3) is 0 Å². The largest absolute Gasteiger partial charge is 0.394 e. The lowest BCUT2D eigenvalue weighted by Crippen LogP contribution is -2.60. The standard InChI is InChI=1S/C46H79NO8/c1-3-5-7-9-11-13-15-17-19-20-22-23-25-27-29-31-33-35-40(49)39(38-54-46-45(53)44(52)43(51)41(37-48)55-46)47-42(50)36-34-32-30-28-26-24-21-18-16-14-12-10-8-6-4-2/h6,8,12,14,18,21,26,28,32-35,39-41,43-46,48-49,51-53H,3-5,7,9-11,13,15-17,19-20,22-25,27,29-31,36-38H2,1-2H3,(H,47,50)/b8-6-,14-12-,21-18-,28-26-,34-32-,35-33+. The molecule has 0 aromatic carbocycles. The molecule has 1 amide bonds. The minimum absolute atomic E-state index is 0.111. The van der Waals surface area contributed by atoms with Crippen LogP contribution in [0.1, 0.15) is 155 Å². The summed E-state index contributed by atoms with van der Waals surface area (Å²) in [5, 5.41) is 54.0. The SMILES string of the molecule is CC/C=C\C/C=C\C/C=C\C/C=C\C/C=C\CC(=O)NC(COC1OC(CO)C(O)C(O)C1O)C(O)/C=C/CCCCCCCCCCCCCCCCC. The first-order valence-electron chi connectivity index (χ1n) is 21.7. The van der Waals surface area contributed by atoms with Crippen molar-refractivity contribution >= 4 is 5.91 Å². The Hall–Kier alpha value is -2.37. The van der Waals surface area contributed by atoms with Crippen LogP contribution in [-0.2, 0) is 14.3 Å². The first-order chi connectivity index (χ1) is 26.8. The number of ether oxygens (including phenoxy) is 2. The zero-order chi connectivity index (χ0) is 40.2. The van der Waals surface area contributed by atoms with Crippen LogP contribution in [0.25, 0.3) is 0 Å². The van der Waals surface area contributed by atoms with Crippen molar-refractivity contribution in [3.63, 3.8) is 0 Å². The van der Waals surface area contributed by atoms with E-state index in [1.54, 1.807) is 12.2 Å². The van der Waals surface area contributed by atoms with Gasteiger partial charge in [-0.15, -0.1) is 0 Å². The van der Waals surface area contributed by atoms with Gasteiger partial charge in [0.2, 0.25) is 5.91 Å². The van der Waals surface area contributed by atoms with Crippen molar-refractivity contribution in [1.29, 1.82) is 0 Å². The van der Waals surface area contributed by atoms with Crippen LogP contribution in [0.15, 0.2) is 72.9 Å². The normalized spacial score (nSPS) is 22.1. The minimum Gasteiger partial charge on any atom is -0.394 e. The van der Waals surface area contributed by atoms with Crippen LogP contribution in [0, 0.1) is 0 Å². The van der Waals surface area contributed by atoms with E-state index in [4.69, 9.17) is 9.47 Å². The molecule has 0 saturated carbocycles. The fourth-order valence-electron chi connectivity index (χ4n) is 6.34. The van der Waals surface area contributed by atoms with Crippen LogP contribution in [-0.4, -0.2) is 87.5 Å². The van der Waals surface area contributed by atoms with Gasteiger partial charge in [-0.3, -0.25) is 4.79 Å². The zero-order valence-corrected chi connectivity index (χ0v) is 34.4. The Morgan fingerprint density at radius 1 is 0.636 bits per heavy atom. The molecular weight excluding hydrogens is 695 g/mol. The molecule has 1 aliphatic heterocycles. The van der Waals surface area contributed by atoms with Gasteiger partial charge in [0.05, 0.1) is 25.4 Å². The molecule has 7 atom stereocenters. The first-order valence-corrected chi connectivity index (χ1v) is 21.7. The summed E-state index contributed by atoms with van der Waals surface area (Å²) in [5.74, 6) is -0.307. The fourth-order valence-corrected chi connectivity index (χ4v) is 6.34. The first kappa shape index (κ1) is 50.6. The molecule has 0 aromatic rings. The number of carbonyl (C=O) groups is 1. The van der Waals surface area contributed by atoms with Crippen LogP contribution in [0.4, 0.5) is 0 Å². The van der Waals surface area contributed by atoms with Crippen molar-refractivity contribution in [2.75, 3.05) is 13.2 Å². The Morgan fingerprint density at radius 3 is 1.60 bits per heavy atom. The van der Waals surface area contributed by atoms with E-state index in [0.29, 0.717) is 6.42 Å². The van der Waals surface area contributed by atoms with Gasteiger partial charge in [0.1, 0.15) is 24.4 Å². The summed E-state index contributed by atoms with van der Waals surface area (Å²) in [7, 11) is 0. The molecule has 7 unspecified atom stereocenters. The number of hydrogen-bond donors (Lipinski definition) is 6. The van der Waals surface area contributed by atoms with E-state index in [2.05, 4.69) is 67.8 Å². The fraction of sp³-hybridized carbons (Fsp3) is 0.717. The molecule has 1 fully saturated rings. The molecule has 1 heterocycles. The van der Waals surface area contributed by atoms with Crippen molar-refractivity contribution in [3.05, 3.63) is 72.9 Å². The highest BCUT2D eigenvalue weighted by Crippen LogP contribution is 2.22. The highest BCUT2D eigenvalue weighted by molar-refractivity contribution is 5.77. The second-order valence-electron chi connectivity index (χ2n) is 14.8. The third kappa shape index (κ3) is 27.0. The number of carbonyl (C=O) groups excluding carboxylic acids is 1. The van der Waals surface area contributed by atoms with E-state index in [9.17, 15) is 30.3 Å². The smallest absolute Gasteiger partial charge is 0.224 e. The Labute approximate surface area is 334 Å². The molecule has 0 aliphatic carbocycles. The van der Waals surface area contributed by atoms with E-state index in [1.165, 1.54) is 83.5 Å². The zero-order valence-electron chi connectivity index (χ0n) is 34.4. The molecule has 1 rings (SSSR count). The number of aliphatic hydroxyl groups excluding tert-OH is 5. The number of amides is 1. The number of allylic oxidation sites excluding steroid dienone is 10. The lowest BCUT2D eigenvalue weighted by molar-refractivity contribution is -0.302. The molecule has 0 bridgehead atoms. The topological polar surface area (TPSA) is 149 Å². The van der Waals surface area contributed by atoms with Crippen LogP contribution in [0.5, 0.6) is 0 Å². The maximum Gasteiger partial charge on any atom is 0.224 e.